The summed E-state index contributed by atoms with van der Waals surface area (Å²) in [5.74, 6) is -0.597. The van der Waals surface area contributed by atoms with Crippen LogP contribution in [-0.4, -0.2) is 35.3 Å². The fourth-order valence-electron chi connectivity index (χ4n) is 1.31. The number of hydrogen-bond acceptors (Lipinski definition) is 3. The third-order valence-corrected chi connectivity index (χ3v) is 2.17. The normalized spacial score (nSPS) is 9.81. The van der Waals surface area contributed by atoms with Gasteiger partial charge in [0, 0.05) is 25.9 Å². The number of likely N-dealkylation sites (N-methyl/N-ethyl adjacent to an activating group) is 1. The molecule has 0 bridgehead atoms. The van der Waals surface area contributed by atoms with Crippen LogP contribution in [0.2, 0.25) is 0 Å². The Morgan fingerprint density at radius 3 is 2.81 bits per heavy atom. The summed E-state index contributed by atoms with van der Waals surface area (Å²) in [6.45, 7) is -0.0358. The largest absolute Gasteiger partial charge is 0.368 e. The predicted octanol–water partition coefficient (Wildman–Crippen LogP) is -0.0421. The average Bonchev–Trinajstić information content (AvgIpc) is 2.26. The highest BCUT2D eigenvalue weighted by Crippen LogP contribution is 2.02. The lowest BCUT2D eigenvalue weighted by Crippen LogP contribution is -2.35. The lowest BCUT2D eigenvalue weighted by atomic mass is 10.1. The molecule has 5 nitrogen and oxygen atoms in total. The molecular weight excluding hydrogens is 206 g/mol. The average molecular weight is 221 g/mol. The van der Waals surface area contributed by atoms with E-state index in [-0.39, 0.29) is 12.5 Å². The van der Waals surface area contributed by atoms with Gasteiger partial charge in [-0.15, -0.1) is 0 Å². The van der Waals surface area contributed by atoms with E-state index in [0.717, 1.165) is 5.56 Å². The second kappa shape index (κ2) is 5.85. The summed E-state index contributed by atoms with van der Waals surface area (Å²) >= 11 is 0. The highest BCUT2D eigenvalue weighted by molar-refractivity contribution is 5.83. The lowest BCUT2D eigenvalue weighted by molar-refractivity contribution is -0.133. The van der Waals surface area contributed by atoms with Gasteiger partial charge in [0.05, 0.1) is 6.54 Å². The lowest BCUT2D eigenvalue weighted by Gasteiger charge is -2.14. The standard InChI is InChI=1S/C11H15N3O2/c1-14(8-10(12)15)11(16)5-4-9-3-2-6-13-7-9/h2-3,6-7H,4-5,8H2,1H3,(H2,12,15). The smallest absolute Gasteiger partial charge is 0.237 e. The van der Waals surface area contributed by atoms with Crippen molar-refractivity contribution in [2.45, 2.75) is 12.8 Å². The first kappa shape index (κ1) is 12.2. The second-order valence-electron chi connectivity index (χ2n) is 3.58. The van der Waals surface area contributed by atoms with Gasteiger partial charge < -0.3 is 10.6 Å². The van der Waals surface area contributed by atoms with Crippen molar-refractivity contribution < 1.29 is 9.59 Å². The molecule has 0 spiro atoms. The van der Waals surface area contributed by atoms with E-state index in [9.17, 15) is 9.59 Å². The first-order valence-corrected chi connectivity index (χ1v) is 5.01. The quantitative estimate of drug-likeness (QED) is 0.757. The zero-order chi connectivity index (χ0) is 12.0. The molecule has 0 saturated heterocycles. The van der Waals surface area contributed by atoms with Crippen LogP contribution in [0.15, 0.2) is 24.5 Å². The van der Waals surface area contributed by atoms with Gasteiger partial charge in [0.25, 0.3) is 0 Å². The van der Waals surface area contributed by atoms with Crippen LogP contribution in [0.1, 0.15) is 12.0 Å². The summed E-state index contributed by atoms with van der Waals surface area (Å²) in [6.07, 6.45) is 4.39. The van der Waals surface area contributed by atoms with Crippen molar-refractivity contribution in [3.8, 4) is 0 Å². The maximum Gasteiger partial charge on any atom is 0.237 e. The number of aromatic nitrogens is 1. The van der Waals surface area contributed by atoms with Crippen molar-refractivity contribution in [3.63, 3.8) is 0 Å². The topological polar surface area (TPSA) is 76.3 Å². The Balaban J connectivity index is 2.38. The van der Waals surface area contributed by atoms with Crippen LogP contribution >= 0.6 is 0 Å². The minimum absolute atomic E-state index is 0.0358. The van der Waals surface area contributed by atoms with Gasteiger partial charge in [-0.25, -0.2) is 0 Å². The van der Waals surface area contributed by atoms with Gasteiger partial charge in [-0.1, -0.05) is 6.07 Å². The summed E-state index contributed by atoms with van der Waals surface area (Å²) < 4.78 is 0. The Kier molecular flexibility index (Phi) is 4.44. The maximum absolute atomic E-state index is 11.5. The van der Waals surface area contributed by atoms with Crippen molar-refractivity contribution in [2.24, 2.45) is 5.73 Å². The molecule has 2 amide bonds. The number of hydrogen-bond donors (Lipinski definition) is 1. The number of pyridine rings is 1. The zero-order valence-electron chi connectivity index (χ0n) is 9.22. The molecule has 1 heterocycles. The molecule has 0 saturated carbocycles. The number of aryl methyl sites for hydroxylation is 1. The molecule has 0 aliphatic carbocycles. The molecule has 0 fully saturated rings. The molecule has 5 heteroatoms. The fraction of sp³-hybridized carbons (Fsp3) is 0.364. The van der Waals surface area contributed by atoms with E-state index in [4.69, 9.17) is 5.73 Å². The highest BCUT2D eigenvalue weighted by atomic mass is 16.2. The molecule has 0 unspecified atom stereocenters. The first-order valence-electron chi connectivity index (χ1n) is 5.01. The molecule has 1 aromatic rings. The Bertz CT molecular complexity index is 365. The number of nitrogens with zero attached hydrogens (tertiary/aromatic N) is 2. The number of primary amides is 1. The summed E-state index contributed by atoms with van der Waals surface area (Å²) in [5.41, 5.74) is 6.00. The molecule has 86 valence electrons. The Labute approximate surface area is 94.3 Å². The second-order valence-corrected chi connectivity index (χ2v) is 3.58. The van der Waals surface area contributed by atoms with Crippen molar-refractivity contribution >= 4 is 11.8 Å². The Morgan fingerprint density at radius 1 is 1.50 bits per heavy atom. The third kappa shape index (κ3) is 4.08. The van der Waals surface area contributed by atoms with Gasteiger partial charge in [0.2, 0.25) is 11.8 Å². The summed E-state index contributed by atoms with van der Waals surface area (Å²) in [4.78, 5) is 27.4. The summed E-state index contributed by atoms with van der Waals surface area (Å²) in [6, 6.07) is 3.74. The molecular formula is C11H15N3O2. The number of nitrogens with two attached hydrogens (primary N) is 1. The van der Waals surface area contributed by atoms with Crippen LogP contribution in [0.4, 0.5) is 0 Å². The van der Waals surface area contributed by atoms with Crippen LogP contribution in [0, 0.1) is 0 Å². The zero-order valence-corrected chi connectivity index (χ0v) is 9.22. The van der Waals surface area contributed by atoms with Crippen LogP contribution in [-0.2, 0) is 16.0 Å². The number of carbonyl (C=O) groups is 2. The molecule has 0 aromatic carbocycles. The van der Waals surface area contributed by atoms with Crippen molar-refractivity contribution in [1.82, 2.24) is 9.88 Å². The van der Waals surface area contributed by atoms with Crippen LogP contribution in [0.25, 0.3) is 0 Å². The molecule has 0 atom stereocenters. The summed E-state index contributed by atoms with van der Waals surface area (Å²) in [7, 11) is 1.57. The first-order chi connectivity index (χ1) is 7.59. The van der Waals surface area contributed by atoms with Gasteiger partial charge in [-0.2, -0.15) is 0 Å². The molecule has 1 aromatic heterocycles. The van der Waals surface area contributed by atoms with Crippen LogP contribution < -0.4 is 5.73 Å². The Hall–Kier alpha value is -1.91. The molecule has 16 heavy (non-hydrogen) atoms. The monoisotopic (exact) mass is 221 g/mol. The van der Waals surface area contributed by atoms with E-state index in [1.165, 1.54) is 4.90 Å². The van der Waals surface area contributed by atoms with Crippen molar-refractivity contribution in [3.05, 3.63) is 30.1 Å². The van der Waals surface area contributed by atoms with E-state index in [1.807, 2.05) is 12.1 Å². The highest BCUT2D eigenvalue weighted by Gasteiger charge is 2.10. The van der Waals surface area contributed by atoms with Crippen LogP contribution in [0.3, 0.4) is 0 Å². The van der Waals surface area contributed by atoms with Crippen molar-refractivity contribution in [1.29, 1.82) is 0 Å². The van der Waals surface area contributed by atoms with Crippen molar-refractivity contribution in [2.75, 3.05) is 13.6 Å². The molecule has 0 aliphatic rings. The van der Waals surface area contributed by atoms with Gasteiger partial charge in [0.1, 0.15) is 0 Å². The van der Waals surface area contributed by atoms with E-state index in [0.29, 0.717) is 12.8 Å². The minimum Gasteiger partial charge on any atom is -0.368 e. The molecule has 0 radical (unpaired) electrons. The van der Waals surface area contributed by atoms with Gasteiger partial charge in [-0.3, -0.25) is 14.6 Å². The molecule has 1 rings (SSSR count). The van der Waals surface area contributed by atoms with E-state index < -0.39 is 5.91 Å². The van der Waals surface area contributed by atoms with E-state index in [2.05, 4.69) is 4.98 Å². The third-order valence-electron chi connectivity index (χ3n) is 2.17. The molecule has 2 N–H and O–H groups in total. The fourth-order valence-corrected chi connectivity index (χ4v) is 1.31. The van der Waals surface area contributed by atoms with Gasteiger partial charge in [0.15, 0.2) is 0 Å². The van der Waals surface area contributed by atoms with Gasteiger partial charge >= 0.3 is 0 Å². The summed E-state index contributed by atoms with van der Waals surface area (Å²) in [5, 5.41) is 0. The van der Waals surface area contributed by atoms with Crippen LogP contribution in [0.5, 0.6) is 0 Å². The Morgan fingerprint density at radius 2 is 2.25 bits per heavy atom. The SMILES string of the molecule is CN(CC(N)=O)C(=O)CCc1cccnc1. The van der Waals surface area contributed by atoms with E-state index >= 15 is 0 Å². The van der Waals surface area contributed by atoms with Gasteiger partial charge in [-0.05, 0) is 18.1 Å². The molecule has 0 aliphatic heterocycles. The minimum atomic E-state index is -0.503. The predicted molar refractivity (Wildman–Crippen MR) is 59.4 cm³/mol. The maximum atomic E-state index is 11.5. The number of amides is 2. The van der Waals surface area contributed by atoms with E-state index in [1.54, 1.807) is 19.4 Å². The number of carbonyl (C=O) groups excluding carboxylic acids is 2. The number of rotatable bonds is 5.